The van der Waals surface area contributed by atoms with Crippen molar-refractivity contribution in [2.45, 2.75) is 75.8 Å². The van der Waals surface area contributed by atoms with Crippen LogP contribution in [0.5, 0.6) is 0 Å². The van der Waals surface area contributed by atoms with Gasteiger partial charge in [-0.1, -0.05) is 37.1 Å². The molecule has 2 aliphatic rings. The Morgan fingerprint density at radius 2 is 0.938 bits per heavy atom. The van der Waals surface area contributed by atoms with Gasteiger partial charge >= 0.3 is 11.9 Å². The van der Waals surface area contributed by atoms with Gasteiger partial charge in [0.2, 0.25) is 0 Å². The van der Waals surface area contributed by atoms with Crippen molar-refractivity contribution in [1.82, 2.24) is 0 Å². The molecular formula is C26H30O6. The van der Waals surface area contributed by atoms with E-state index in [9.17, 15) is 19.8 Å². The molecule has 4 unspecified atom stereocenters. The Morgan fingerprint density at radius 1 is 0.594 bits per heavy atom. The molecule has 2 aliphatic carbocycles. The van der Waals surface area contributed by atoms with Crippen LogP contribution < -0.4 is 0 Å². The monoisotopic (exact) mass is 438 g/mol. The second-order valence-corrected chi connectivity index (χ2v) is 8.75. The Balaban J connectivity index is 1.36. The van der Waals surface area contributed by atoms with Crippen LogP contribution in [-0.2, 0) is 9.47 Å². The minimum absolute atomic E-state index is 0.425. The molecule has 2 N–H and O–H groups in total. The molecule has 0 saturated heterocycles. The highest BCUT2D eigenvalue weighted by molar-refractivity contribution is 5.91. The van der Waals surface area contributed by atoms with E-state index in [-0.39, 0.29) is 0 Å². The van der Waals surface area contributed by atoms with Crippen molar-refractivity contribution in [3.8, 4) is 11.1 Å². The lowest BCUT2D eigenvalue weighted by Crippen LogP contribution is -2.34. The first-order valence-electron chi connectivity index (χ1n) is 11.5. The van der Waals surface area contributed by atoms with Gasteiger partial charge in [0.1, 0.15) is 12.2 Å². The quantitative estimate of drug-likeness (QED) is 0.677. The van der Waals surface area contributed by atoms with Crippen LogP contribution in [-0.4, -0.2) is 46.6 Å². The summed E-state index contributed by atoms with van der Waals surface area (Å²) < 4.78 is 11.0. The van der Waals surface area contributed by atoms with Crippen molar-refractivity contribution in [3.63, 3.8) is 0 Å². The number of esters is 2. The van der Waals surface area contributed by atoms with Crippen LogP contribution in [0.3, 0.4) is 0 Å². The van der Waals surface area contributed by atoms with Crippen molar-refractivity contribution < 1.29 is 29.3 Å². The fourth-order valence-electron chi connectivity index (χ4n) is 4.44. The molecule has 0 spiro atoms. The third-order valence-corrected chi connectivity index (χ3v) is 6.43. The zero-order valence-corrected chi connectivity index (χ0v) is 18.1. The van der Waals surface area contributed by atoms with Crippen LogP contribution in [0.4, 0.5) is 0 Å². The Labute approximate surface area is 188 Å². The number of rotatable bonds is 5. The number of hydrogen-bond acceptors (Lipinski definition) is 6. The first kappa shape index (κ1) is 22.5. The molecule has 4 rings (SSSR count). The lowest BCUT2D eigenvalue weighted by atomic mass is 9.95. The van der Waals surface area contributed by atoms with Gasteiger partial charge in [-0.2, -0.15) is 0 Å². The summed E-state index contributed by atoms with van der Waals surface area (Å²) in [6.07, 6.45) is 4.53. The molecule has 170 valence electrons. The number of carbonyl (C=O) groups excluding carboxylic acids is 2. The normalized spacial score (nSPS) is 25.7. The van der Waals surface area contributed by atoms with E-state index in [1.165, 1.54) is 0 Å². The molecule has 2 aromatic rings. The molecule has 4 atom stereocenters. The molecule has 0 bridgehead atoms. The number of ether oxygens (including phenoxy) is 2. The molecule has 32 heavy (non-hydrogen) atoms. The Bertz CT molecular complexity index is 843. The van der Waals surface area contributed by atoms with Crippen molar-refractivity contribution in [3.05, 3.63) is 59.7 Å². The van der Waals surface area contributed by atoms with Crippen molar-refractivity contribution in [2.75, 3.05) is 0 Å². The molecule has 2 saturated carbocycles. The van der Waals surface area contributed by atoms with Crippen LogP contribution in [0, 0.1) is 0 Å². The molecule has 0 amide bonds. The fourth-order valence-corrected chi connectivity index (χ4v) is 4.44. The van der Waals surface area contributed by atoms with Crippen molar-refractivity contribution in [2.24, 2.45) is 0 Å². The summed E-state index contributed by atoms with van der Waals surface area (Å²) in [6.45, 7) is 0. The molecule has 0 heterocycles. The summed E-state index contributed by atoms with van der Waals surface area (Å²) in [5.74, 6) is -0.851. The summed E-state index contributed by atoms with van der Waals surface area (Å²) in [4.78, 5) is 24.8. The van der Waals surface area contributed by atoms with Crippen molar-refractivity contribution in [1.29, 1.82) is 0 Å². The van der Waals surface area contributed by atoms with E-state index >= 15 is 0 Å². The lowest BCUT2D eigenvalue weighted by molar-refractivity contribution is -0.0362. The molecule has 6 nitrogen and oxygen atoms in total. The van der Waals surface area contributed by atoms with Crippen LogP contribution in [0.1, 0.15) is 72.1 Å². The smallest absolute Gasteiger partial charge is 0.338 e. The predicted octanol–water partition coefficient (Wildman–Crippen LogP) is 4.27. The summed E-state index contributed by atoms with van der Waals surface area (Å²) in [5, 5.41) is 20.0. The molecule has 0 aromatic heterocycles. The zero-order valence-electron chi connectivity index (χ0n) is 18.1. The maximum Gasteiger partial charge on any atom is 0.338 e. The highest BCUT2D eigenvalue weighted by Crippen LogP contribution is 2.25. The average molecular weight is 439 g/mol. The van der Waals surface area contributed by atoms with E-state index in [0.717, 1.165) is 36.8 Å². The number of carbonyl (C=O) groups is 2. The van der Waals surface area contributed by atoms with E-state index in [2.05, 4.69) is 0 Å². The van der Waals surface area contributed by atoms with Gasteiger partial charge in [0, 0.05) is 0 Å². The topological polar surface area (TPSA) is 93.1 Å². The van der Waals surface area contributed by atoms with Crippen LogP contribution >= 0.6 is 0 Å². The van der Waals surface area contributed by atoms with Gasteiger partial charge in [0.15, 0.2) is 0 Å². The van der Waals surface area contributed by atoms with Gasteiger partial charge in [-0.05, 0) is 73.9 Å². The van der Waals surface area contributed by atoms with Gasteiger partial charge in [-0.15, -0.1) is 0 Å². The van der Waals surface area contributed by atoms with Crippen LogP contribution in [0.15, 0.2) is 48.5 Å². The number of aliphatic hydroxyl groups is 2. The largest absolute Gasteiger partial charge is 0.456 e. The van der Waals surface area contributed by atoms with Gasteiger partial charge in [0.05, 0.1) is 23.3 Å². The summed E-state index contributed by atoms with van der Waals surface area (Å²) >= 11 is 0. The predicted molar refractivity (Wildman–Crippen MR) is 119 cm³/mol. The molecular weight excluding hydrogens is 408 g/mol. The van der Waals surface area contributed by atoms with Gasteiger partial charge < -0.3 is 19.7 Å². The van der Waals surface area contributed by atoms with E-state index < -0.39 is 36.4 Å². The second-order valence-electron chi connectivity index (χ2n) is 8.75. The van der Waals surface area contributed by atoms with Crippen LogP contribution in [0.25, 0.3) is 11.1 Å². The Kier molecular flexibility index (Phi) is 7.22. The molecule has 6 heteroatoms. The molecule has 0 aliphatic heterocycles. The first-order valence-corrected chi connectivity index (χ1v) is 11.5. The third kappa shape index (κ3) is 5.37. The molecule has 0 radical (unpaired) electrons. The number of hydrogen-bond donors (Lipinski definition) is 2. The van der Waals surface area contributed by atoms with E-state index in [1.807, 2.05) is 24.3 Å². The van der Waals surface area contributed by atoms with E-state index in [1.54, 1.807) is 24.3 Å². The molecule has 2 aromatic carbocycles. The lowest BCUT2D eigenvalue weighted by Gasteiger charge is -2.27. The SMILES string of the molecule is O=C(OC1CCCCC1O)c1ccc(-c2ccc(C(=O)OC3CCCCC3O)cc2)cc1. The Morgan fingerprint density at radius 3 is 1.28 bits per heavy atom. The third-order valence-electron chi connectivity index (χ3n) is 6.43. The van der Waals surface area contributed by atoms with Gasteiger partial charge in [-0.3, -0.25) is 0 Å². The van der Waals surface area contributed by atoms with Gasteiger partial charge in [-0.25, -0.2) is 9.59 Å². The van der Waals surface area contributed by atoms with E-state index in [0.29, 0.717) is 36.8 Å². The highest BCUT2D eigenvalue weighted by atomic mass is 16.6. The Hall–Kier alpha value is -2.70. The maximum absolute atomic E-state index is 12.4. The van der Waals surface area contributed by atoms with Crippen molar-refractivity contribution >= 4 is 11.9 Å². The number of aliphatic hydroxyl groups excluding tert-OH is 2. The van der Waals surface area contributed by atoms with Crippen LogP contribution in [0.2, 0.25) is 0 Å². The minimum atomic E-state index is -0.585. The minimum Gasteiger partial charge on any atom is -0.456 e. The van der Waals surface area contributed by atoms with E-state index in [4.69, 9.17) is 9.47 Å². The standard InChI is InChI=1S/C26H30O6/c27-21-5-1-3-7-23(21)31-25(29)19-13-9-17(10-14-19)18-11-15-20(16-12-18)26(30)32-24-8-4-2-6-22(24)28/h9-16,21-24,27-28H,1-8H2. The molecule has 2 fully saturated rings. The fraction of sp³-hybridized carbons (Fsp3) is 0.462. The summed E-state index contributed by atoms with van der Waals surface area (Å²) in [6, 6.07) is 14.2. The zero-order chi connectivity index (χ0) is 22.5. The second kappa shape index (κ2) is 10.3. The average Bonchev–Trinajstić information content (AvgIpc) is 2.82. The maximum atomic E-state index is 12.4. The highest BCUT2D eigenvalue weighted by Gasteiger charge is 2.28. The van der Waals surface area contributed by atoms with Gasteiger partial charge in [0.25, 0.3) is 0 Å². The first-order chi connectivity index (χ1) is 15.5. The number of benzene rings is 2. The summed E-state index contributed by atoms with van der Waals surface area (Å²) in [5.41, 5.74) is 2.69. The summed E-state index contributed by atoms with van der Waals surface area (Å²) in [7, 11) is 0.